The predicted octanol–water partition coefficient (Wildman–Crippen LogP) is 5.90. The summed E-state index contributed by atoms with van der Waals surface area (Å²) in [4.78, 5) is 15.0. The lowest BCUT2D eigenvalue weighted by Gasteiger charge is -2.18. The second-order valence-corrected chi connectivity index (χ2v) is 7.79. The van der Waals surface area contributed by atoms with Gasteiger partial charge in [-0.05, 0) is 36.7 Å². The number of aromatic hydroxyl groups is 2. The molecule has 7 heteroatoms. The number of hydrogen-bond acceptors (Lipinski definition) is 6. The van der Waals surface area contributed by atoms with Crippen molar-refractivity contribution in [1.82, 2.24) is 10.1 Å². The number of benzene rings is 2. The van der Waals surface area contributed by atoms with Crippen molar-refractivity contribution in [2.75, 3.05) is 13.1 Å². The predicted molar refractivity (Wildman–Crippen MR) is 122 cm³/mol. The van der Waals surface area contributed by atoms with Gasteiger partial charge < -0.3 is 14.7 Å². The molecule has 0 aliphatic carbocycles. The molecule has 0 amide bonds. The molecular weight excluding hydrogens is 416 g/mol. The largest absolute Gasteiger partial charge is 0.507 e. The van der Waals surface area contributed by atoms with Crippen LogP contribution in [0.25, 0.3) is 22.5 Å². The van der Waals surface area contributed by atoms with Crippen molar-refractivity contribution in [2.45, 2.75) is 40.2 Å². The SMILES string of the molecule is CCCC(=O)c1noc(-c2cc(Cl)c(O)cc2O)c1-c1ccc(CN(CC)CC)cc1. The molecule has 0 radical (unpaired) electrons. The lowest BCUT2D eigenvalue weighted by molar-refractivity contribution is 0.0973. The molecule has 1 aromatic heterocycles. The Labute approximate surface area is 187 Å². The van der Waals surface area contributed by atoms with Gasteiger partial charge in [0.25, 0.3) is 0 Å². The second-order valence-electron chi connectivity index (χ2n) is 7.39. The lowest BCUT2D eigenvalue weighted by atomic mass is 9.95. The van der Waals surface area contributed by atoms with Crippen molar-refractivity contribution in [1.29, 1.82) is 0 Å². The smallest absolute Gasteiger partial charge is 0.185 e. The van der Waals surface area contributed by atoms with E-state index in [1.54, 1.807) is 0 Å². The summed E-state index contributed by atoms with van der Waals surface area (Å²) in [6, 6.07) is 10.4. The summed E-state index contributed by atoms with van der Waals surface area (Å²) >= 11 is 6.06. The Bertz CT molecular complexity index is 1060. The van der Waals surface area contributed by atoms with Crippen molar-refractivity contribution in [2.24, 2.45) is 0 Å². The third-order valence-electron chi connectivity index (χ3n) is 5.29. The third kappa shape index (κ3) is 4.92. The number of phenolic OH excluding ortho intramolecular Hbond substituents is 2. The Morgan fingerprint density at radius 3 is 2.35 bits per heavy atom. The van der Waals surface area contributed by atoms with E-state index in [1.165, 1.54) is 6.07 Å². The molecule has 0 atom stereocenters. The molecule has 0 aliphatic heterocycles. The fourth-order valence-corrected chi connectivity index (χ4v) is 3.66. The van der Waals surface area contributed by atoms with Crippen LogP contribution in [-0.2, 0) is 6.54 Å². The summed E-state index contributed by atoms with van der Waals surface area (Å²) in [5.41, 5.74) is 2.89. The fraction of sp³-hybridized carbons (Fsp3) is 0.333. The summed E-state index contributed by atoms with van der Waals surface area (Å²) in [5, 5.41) is 24.3. The molecule has 0 spiro atoms. The summed E-state index contributed by atoms with van der Waals surface area (Å²) in [6.07, 6.45) is 1.01. The molecule has 2 N–H and O–H groups in total. The fourth-order valence-electron chi connectivity index (χ4n) is 3.49. The third-order valence-corrected chi connectivity index (χ3v) is 5.59. The number of ketones is 1. The van der Waals surface area contributed by atoms with Crippen LogP contribution in [0.3, 0.4) is 0 Å². The maximum absolute atomic E-state index is 12.7. The maximum Gasteiger partial charge on any atom is 0.185 e. The van der Waals surface area contributed by atoms with Crippen LogP contribution in [0, 0.1) is 0 Å². The number of halogens is 1. The van der Waals surface area contributed by atoms with Gasteiger partial charge >= 0.3 is 0 Å². The van der Waals surface area contributed by atoms with Gasteiger partial charge in [-0.25, -0.2) is 0 Å². The minimum atomic E-state index is -0.243. The Balaban J connectivity index is 2.10. The van der Waals surface area contributed by atoms with E-state index in [9.17, 15) is 15.0 Å². The molecule has 6 nitrogen and oxygen atoms in total. The lowest BCUT2D eigenvalue weighted by Crippen LogP contribution is -2.21. The Kier molecular flexibility index (Phi) is 7.36. The van der Waals surface area contributed by atoms with Crippen molar-refractivity contribution >= 4 is 17.4 Å². The quantitative estimate of drug-likeness (QED) is 0.401. The number of hydrogen-bond donors (Lipinski definition) is 2. The summed E-state index contributed by atoms with van der Waals surface area (Å²) in [5.74, 6) is -0.363. The van der Waals surface area contributed by atoms with Gasteiger partial charge in [-0.3, -0.25) is 9.69 Å². The number of rotatable bonds is 9. The first-order valence-electron chi connectivity index (χ1n) is 10.5. The van der Waals surface area contributed by atoms with E-state index in [1.807, 2.05) is 31.2 Å². The van der Waals surface area contributed by atoms with E-state index < -0.39 is 0 Å². The highest BCUT2D eigenvalue weighted by Gasteiger charge is 2.26. The summed E-state index contributed by atoms with van der Waals surface area (Å²) in [7, 11) is 0. The topological polar surface area (TPSA) is 86.8 Å². The minimum Gasteiger partial charge on any atom is -0.507 e. The molecule has 0 fully saturated rings. The second kappa shape index (κ2) is 9.98. The maximum atomic E-state index is 12.7. The molecule has 0 unspecified atom stereocenters. The number of Topliss-reactive ketones (excluding diaryl/α,β-unsaturated/α-hetero) is 1. The van der Waals surface area contributed by atoms with E-state index in [-0.39, 0.29) is 39.3 Å². The normalized spacial score (nSPS) is 11.3. The molecule has 0 bridgehead atoms. The molecule has 1 heterocycles. The first-order valence-corrected chi connectivity index (χ1v) is 10.8. The van der Waals surface area contributed by atoms with E-state index in [2.05, 4.69) is 23.9 Å². The van der Waals surface area contributed by atoms with Gasteiger partial charge in [0.05, 0.1) is 16.1 Å². The first-order chi connectivity index (χ1) is 14.9. The van der Waals surface area contributed by atoms with Crippen molar-refractivity contribution in [3.8, 4) is 33.9 Å². The van der Waals surface area contributed by atoms with Crippen LogP contribution in [0.2, 0.25) is 5.02 Å². The van der Waals surface area contributed by atoms with Crippen molar-refractivity contribution < 1.29 is 19.5 Å². The van der Waals surface area contributed by atoms with Crippen LogP contribution in [0.5, 0.6) is 11.5 Å². The molecule has 3 aromatic rings. The van der Waals surface area contributed by atoms with E-state index in [0.29, 0.717) is 18.4 Å². The van der Waals surface area contributed by atoms with E-state index >= 15 is 0 Å². The van der Waals surface area contributed by atoms with Crippen LogP contribution in [-0.4, -0.2) is 39.1 Å². The van der Waals surface area contributed by atoms with Crippen LogP contribution in [0.4, 0.5) is 0 Å². The molecule has 3 rings (SSSR count). The standard InChI is InChI=1S/C24H27ClN2O4/c1-4-7-19(28)23-22(16-10-8-15(9-11-16)14-27(5-2)6-3)24(31-26-23)17-12-18(25)21(30)13-20(17)29/h8-13,29-30H,4-7,14H2,1-3H3. The van der Waals surface area contributed by atoms with Gasteiger partial charge in [0.2, 0.25) is 0 Å². The number of aromatic nitrogens is 1. The molecule has 31 heavy (non-hydrogen) atoms. The van der Waals surface area contributed by atoms with Gasteiger partial charge in [-0.2, -0.15) is 0 Å². The van der Waals surface area contributed by atoms with Gasteiger partial charge in [0.1, 0.15) is 11.5 Å². The zero-order valence-corrected chi connectivity index (χ0v) is 18.7. The monoisotopic (exact) mass is 442 g/mol. The van der Waals surface area contributed by atoms with E-state index in [0.717, 1.165) is 36.8 Å². The Morgan fingerprint density at radius 1 is 1.06 bits per heavy atom. The summed E-state index contributed by atoms with van der Waals surface area (Å²) < 4.78 is 5.53. The molecular formula is C24H27ClN2O4. The molecule has 0 saturated heterocycles. The average Bonchev–Trinajstić information content (AvgIpc) is 3.20. The molecule has 164 valence electrons. The number of carbonyl (C=O) groups is 1. The molecule has 2 aromatic carbocycles. The minimum absolute atomic E-state index is 0.0613. The Morgan fingerprint density at radius 2 is 1.74 bits per heavy atom. The van der Waals surface area contributed by atoms with Crippen molar-refractivity contribution in [3.05, 3.63) is 52.7 Å². The number of carbonyl (C=O) groups excluding carboxylic acids is 1. The highest BCUT2D eigenvalue weighted by molar-refractivity contribution is 6.32. The number of phenols is 2. The zero-order chi connectivity index (χ0) is 22.5. The van der Waals surface area contributed by atoms with Crippen molar-refractivity contribution in [3.63, 3.8) is 0 Å². The molecule has 0 saturated carbocycles. The molecule has 0 aliphatic rings. The van der Waals surface area contributed by atoms with E-state index in [4.69, 9.17) is 16.1 Å². The Hall–Kier alpha value is -2.83. The van der Waals surface area contributed by atoms with Gasteiger partial charge in [0, 0.05) is 19.0 Å². The summed E-state index contributed by atoms with van der Waals surface area (Å²) in [6.45, 7) is 8.94. The van der Waals surface area contributed by atoms with Gasteiger partial charge in [-0.1, -0.05) is 61.8 Å². The highest BCUT2D eigenvalue weighted by Crippen LogP contribution is 2.43. The van der Waals surface area contributed by atoms with Crippen LogP contribution in [0.15, 0.2) is 40.9 Å². The first kappa shape index (κ1) is 22.8. The van der Waals surface area contributed by atoms with Crippen LogP contribution >= 0.6 is 11.6 Å². The average molecular weight is 443 g/mol. The zero-order valence-electron chi connectivity index (χ0n) is 18.0. The number of nitrogens with zero attached hydrogens (tertiary/aromatic N) is 2. The van der Waals surface area contributed by atoms with Crippen LogP contribution in [0.1, 0.15) is 49.7 Å². The highest BCUT2D eigenvalue weighted by atomic mass is 35.5. The van der Waals surface area contributed by atoms with Gasteiger partial charge in [0.15, 0.2) is 17.2 Å². The van der Waals surface area contributed by atoms with Gasteiger partial charge in [-0.15, -0.1) is 0 Å². The van der Waals surface area contributed by atoms with Crippen LogP contribution < -0.4 is 0 Å².